The molecule has 0 saturated heterocycles. The zero-order chi connectivity index (χ0) is 10.7. The van der Waals surface area contributed by atoms with E-state index in [1.165, 1.54) is 6.39 Å². The van der Waals surface area contributed by atoms with E-state index < -0.39 is 0 Å². The van der Waals surface area contributed by atoms with Crippen LogP contribution in [0.2, 0.25) is 0 Å². The highest BCUT2D eigenvalue weighted by Crippen LogP contribution is 2.15. The average molecular weight is 207 g/mol. The van der Waals surface area contributed by atoms with E-state index in [1.54, 1.807) is 0 Å². The molecule has 15 heavy (non-hydrogen) atoms. The summed E-state index contributed by atoms with van der Waals surface area (Å²) in [4.78, 5) is 3.92. The molecule has 5 nitrogen and oxygen atoms in total. The van der Waals surface area contributed by atoms with E-state index >= 15 is 0 Å². The lowest BCUT2D eigenvalue weighted by Crippen LogP contribution is -2.18. The van der Waals surface area contributed by atoms with Crippen LogP contribution in [0.5, 0.6) is 0 Å². The first kappa shape index (κ1) is 9.92. The maximum Gasteiger partial charge on any atom is 0.213 e. The van der Waals surface area contributed by atoms with Crippen LogP contribution >= 0.6 is 0 Å². The summed E-state index contributed by atoms with van der Waals surface area (Å²) in [6, 6.07) is 4.04. The molecule has 0 aromatic carbocycles. The number of rotatable bonds is 4. The molecule has 1 atom stereocenters. The Bertz CT molecular complexity index is 408. The van der Waals surface area contributed by atoms with Gasteiger partial charge in [-0.15, -0.1) is 0 Å². The summed E-state index contributed by atoms with van der Waals surface area (Å²) >= 11 is 0. The second-order valence-corrected chi connectivity index (χ2v) is 3.40. The van der Waals surface area contributed by atoms with Crippen molar-refractivity contribution in [2.45, 2.75) is 26.4 Å². The first-order valence-corrected chi connectivity index (χ1v) is 4.80. The monoisotopic (exact) mass is 207 g/mol. The van der Waals surface area contributed by atoms with Gasteiger partial charge in [-0.2, -0.15) is 4.98 Å². The van der Waals surface area contributed by atoms with Crippen LogP contribution < -0.4 is 5.32 Å². The third-order valence-electron chi connectivity index (χ3n) is 2.16. The number of hydrogen-bond donors (Lipinski definition) is 1. The molecule has 0 aliphatic rings. The van der Waals surface area contributed by atoms with Gasteiger partial charge in [0.2, 0.25) is 6.39 Å². The van der Waals surface area contributed by atoms with Crippen LogP contribution in [0, 0.1) is 6.92 Å². The third-order valence-corrected chi connectivity index (χ3v) is 2.16. The normalized spacial score (nSPS) is 12.9. The fourth-order valence-electron chi connectivity index (χ4n) is 1.30. The van der Waals surface area contributed by atoms with Gasteiger partial charge in [0.1, 0.15) is 11.5 Å². The molecule has 2 aromatic rings. The first-order chi connectivity index (χ1) is 7.25. The molecule has 0 bridgehead atoms. The smallest absolute Gasteiger partial charge is 0.213 e. The minimum atomic E-state index is 0.136. The van der Waals surface area contributed by atoms with Crippen molar-refractivity contribution in [3.8, 4) is 0 Å². The predicted molar refractivity (Wildman–Crippen MR) is 53.0 cm³/mol. The van der Waals surface area contributed by atoms with Crippen LogP contribution in [0.1, 0.15) is 30.3 Å². The Kier molecular flexibility index (Phi) is 2.82. The molecule has 1 N–H and O–H groups in total. The minimum absolute atomic E-state index is 0.136. The summed E-state index contributed by atoms with van der Waals surface area (Å²) < 4.78 is 10.1. The zero-order valence-electron chi connectivity index (χ0n) is 8.73. The lowest BCUT2D eigenvalue weighted by atomic mass is 10.2. The summed E-state index contributed by atoms with van der Waals surface area (Å²) in [6.45, 7) is 4.52. The fourth-order valence-corrected chi connectivity index (χ4v) is 1.30. The van der Waals surface area contributed by atoms with Gasteiger partial charge in [-0.25, -0.2) is 0 Å². The zero-order valence-corrected chi connectivity index (χ0v) is 8.73. The number of nitrogens with zero attached hydrogens (tertiary/aromatic N) is 2. The molecule has 0 saturated carbocycles. The lowest BCUT2D eigenvalue weighted by molar-refractivity contribution is 0.392. The van der Waals surface area contributed by atoms with Crippen molar-refractivity contribution in [2.75, 3.05) is 0 Å². The number of aryl methyl sites for hydroxylation is 1. The van der Waals surface area contributed by atoms with Crippen LogP contribution in [-0.4, -0.2) is 10.1 Å². The van der Waals surface area contributed by atoms with Gasteiger partial charge in [-0.1, -0.05) is 5.16 Å². The Morgan fingerprint density at radius 2 is 2.33 bits per heavy atom. The highest BCUT2D eigenvalue weighted by molar-refractivity contribution is 5.08. The van der Waals surface area contributed by atoms with E-state index in [4.69, 9.17) is 4.42 Å². The molecule has 2 rings (SSSR count). The molecule has 0 spiro atoms. The molecule has 0 amide bonds. The van der Waals surface area contributed by atoms with Gasteiger partial charge >= 0.3 is 0 Å². The summed E-state index contributed by atoms with van der Waals surface area (Å²) in [6.07, 6.45) is 1.32. The van der Waals surface area contributed by atoms with Crippen LogP contribution in [0.25, 0.3) is 0 Å². The van der Waals surface area contributed by atoms with Crippen LogP contribution in [-0.2, 0) is 6.54 Å². The number of furan rings is 1. The SMILES string of the molecule is Cc1ccc(C(C)NCc2ncon2)o1. The largest absolute Gasteiger partial charge is 0.465 e. The summed E-state index contributed by atoms with van der Waals surface area (Å²) in [5.41, 5.74) is 0. The Morgan fingerprint density at radius 1 is 1.47 bits per heavy atom. The van der Waals surface area contributed by atoms with Crippen LogP contribution in [0.15, 0.2) is 27.5 Å². The number of aromatic nitrogens is 2. The summed E-state index contributed by atoms with van der Waals surface area (Å²) in [7, 11) is 0. The second-order valence-electron chi connectivity index (χ2n) is 3.40. The fraction of sp³-hybridized carbons (Fsp3) is 0.400. The Labute approximate surface area is 87.5 Å². The molecule has 0 aliphatic heterocycles. The standard InChI is InChI=1S/C10H13N3O2/c1-7-3-4-9(15-7)8(2)11-5-10-12-6-14-13-10/h3-4,6,8,11H,5H2,1-2H3. The minimum Gasteiger partial charge on any atom is -0.465 e. The highest BCUT2D eigenvalue weighted by Gasteiger charge is 2.09. The molecule has 1 unspecified atom stereocenters. The molecular weight excluding hydrogens is 194 g/mol. The van der Waals surface area contributed by atoms with E-state index in [1.807, 2.05) is 26.0 Å². The molecule has 0 fully saturated rings. The van der Waals surface area contributed by atoms with Gasteiger partial charge in [0.25, 0.3) is 0 Å². The van der Waals surface area contributed by atoms with Crippen molar-refractivity contribution in [3.63, 3.8) is 0 Å². The van der Waals surface area contributed by atoms with Gasteiger partial charge < -0.3 is 14.3 Å². The van der Waals surface area contributed by atoms with Gasteiger partial charge in [-0.05, 0) is 26.0 Å². The molecule has 2 heterocycles. The summed E-state index contributed by atoms with van der Waals surface area (Å²) in [5, 5.41) is 6.94. The van der Waals surface area contributed by atoms with Crippen molar-refractivity contribution in [3.05, 3.63) is 35.9 Å². The topological polar surface area (TPSA) is 64.1 Å². The van der Waals surface area contributed by atoms with E-state index in [9.17, 15) is 0 Å². The van der Waals surface area contributed by atoms with E-state index in [-0.39, 0.29) is 6.04 Å². The van der Waals surface area contributed by atoms with Crippen molar-refractivity contribution in [2.24, 2.45) is 0 Å². The van der Waals surface area contributed by atoms with E-state index in [0.29, 0.717) is 12.4 Å². The Morgan fingerprint density at radius 3 is 2.93 bits per heavy atom. The van der Waals surface area contributed by atoms with Crippen molar-refractivity contribution in [1.82, 2.24) is 15.5 Å². The lowest BCUT2D eigenvalue weighted by Gasteiger charge is -2.08. The quantitative estimate of drug-likeness (QED) is 0.828. The number of nitrogens with one attached hydrogen (secondary N) is 1. The maximum absolute atomic E-state index is 5.49. The third kappa shape index (κ3) is 2.44. The Balaban J connectivity index is 1.90. The van der Waals surface area contributed by atoms with Crippen molar-refractivity contribution < 1.29 is 8.94 Å². The molecule has 2 aromatic heterocycles. The summed E-state index contributed by atoms with van der Waals surface area (Å²) in [5.74, 6) is 2.47. The van der Waals surface area contributed by atoms with Crippen LogP contribution in [0.4, 0.5) is 0 Å². The molecule has 0 aliphatic carbocycles. The van der Waals surface area contributed by atoms with E-state index in [2.05, 4.69) is 20.0 Å². The van der Waals surface area contributed by atoms with Crippen molar-refractivity contribution in [1.29, 1.82) is 0 Å². The van der Waals surface area contributed by atoms with Crippen molar-refractivity contribution >= 4 is 0 Å². The molecular formula is C10H13N3O2. The first-order valence-electron chi connectivity index (χ1n) is 4.80. The van der Waals surface area contributed by atoms with Gasteiger partial charge in [0, 0.05) is 0 Å². The molecule has 0 radical (unpaired) electrons. The molecule has 5 heteroatoms. The van der Waals surface area contributed by atoms with E-state index in [0.717, 1.165) is 11.5 Å². The van der Waals surface area contributed by atoms with Gasteiger partial charge in [0.05, 0.1) is 12.6 Å². The Hall–Kier alpha value is -1.62. The predicted octanol–water partition coefficient (Wildman–Crippen LogP) is 1.82. The van der Waals surface area contributed by atoms with Gasteiger partial charge in [0.15, 0.2) is 5.82 Å². The van der Waals surface area contributed by atoms with Crippen LogP contribution in [0.3, 0.4) is 0 Å². The number of hydrogen-bond acceptors (Lipinski definition) is 5. The average Bonchev–Trinajstić information content (AvgIpc) is 2.84. The molecule has 80 valence electrons. The van der Waals surface area contributed by atoms with Gasteiger partial charge in [-0.3, -0.25) is 0 Å². The second kappa shape index (κ2) is 4.27. The maximum atomic E-state index is 5.49. The highest BCUT2D eigenvalue weighted by atomic mass is 16.5.